The lowest BCUT2D eigenvalue weighted by Gasteiger charge is -2.02. The van der Waals surface area contributed by atoms with Crippen LogP contribution in [0.1, 0.15) is 5.56 Å². The first-order valence-electron chi connectivity index (χ1n) is 5.77. The third kappa shape index (κ3) is 1.51. The van der Waals surface area contributed by atoms with Crippen LogP contribution in [0.25, 0.3) is 21.8 Å². The zero-order valence-electron chi connectivity index (χ0n) is 10.1. The molecule has 3 nitrogen and oxygen atoms in total. The van der Waals surface area contributed by atoms with Gasteiger partial charge in [0, 0.05) is 42.3 Å². The van der Waals surface area contributed by atoms with E-state index in [1.54, 1.807) is 0 Å². The van der Waals surface area contributed by atoms with Gasteiger partial charge in [-0.05, 0) is 24.7 Å². The number of benzene rings is 1. The topological polar surface area (TPSA) is 29.9 Å². The highest BCUT2D eigenvalue weighted by Gasteiger charge is 2.07. The Kier molecular flexibility index (Phi) is 2.34. The van der Waals surface area contributed by atoms with Crippen molar-refractivity contribution in [1.29, 1.82) is 0 Å². The molecular formula is C14H15N3. The molecule has 3 rings (SSSR count). The highest BCUT2D eigenvalue weighted by molar-refractivity contribution is 6.07. The van der Waals surface area contributed by atoms with Crippen LogP contribution < -0.4 is 5.32 Å². The van der Waals surface area contributed by atoms with Crippen molar-refractivity contribution in [3.05, 3.63) is 42.2 Å². The molecular weight excluding hydrogens is 210 g/mol. The minimum absolute atomic E-state index is 0.899. The highest BCUT2D eigenvalue weighted by Crippen LogP contribution is 2.27. The Bertz CT molecular complexity index is 682. The second kappa shape index (κ2) is 3.86. The molecule has 3 heteroatoms. The second-order valence-corrected chi connectivity index (χ2v) is 4.33. The van der Waals surface area contributed by atoms with Crippen LogP contribution in [-0.4, -0.2) is 16.6 Å². The number of hydrogen-bond acceptors (Lipinski definition) is 2. The highest BCUT2D eigenvalue weighted by atomic mass is 14.9. The summed E-state index contributed by atoms with van der Waals surface area (Å²) in [6, 6.07) is 8.66. The van der Waals surface area contributed by atoms with Crippen LogP contribution in [0.15, 0.2) is 36.7 Å². The van der Waals surface area contributed by atoms with Crippen molar-refractivity contribution in [2.45, 2.75) is 6.54 Å². The Balaban J connectivity index is 2.36. The summed E-state index contributed by atoms with van der Waals surface area (Å²) in [5, 5.41) is 5.68. The van der Waals surface area contributed by atoms with E-state index < -0.39 is 0 Å². The van der Waals surface area contributed by atoms with Crippen LogP contribution in [0.4, 0.5) is 0 Å². The predicted octanol–water partition coefficient (Wildman–Crippen LogP) is 2.45. The molecule has 0 fully saturated rings. The van der Waals surface area contributed by atoms with E-state index in [9.17, 15) is 0 Å². The van der Waals surface area contributed by atoms with Gasteiger partial charge >= 0.3 is 0 Å². The van der Waals surface area contributed by atoms with Gasteiger partial charge < -0.3 is 9.88 Å². The van der Waals surface area contributed by atoms with Gasteiger partial charge in [-0.25, -0.2) is 0 Å². The van der Waals surface area contributed by atoms with Gasteiger partial charge in [0.25, 0.3) is 0 Å². The molecule has 86 valence electrons. The van der Waals surface area contributed by atoms with Crippen molar-refractivity contribution in [2.24, 2.45) is 7.05 Å². The quantitative estimate of drug-likeness (QED) is 0.726. The van der Waals surface area contributed by atoms with Crippen LogP contribution >= 0.6 is 0 Å². The van der Waals surface area contributed by atoms with E-state index in [1.807, 2.05) is 19.4 Å². The number of pyridine rings is 1. The first kappa shape index (κ1) is 10.3. The molecule has 2 aromatic heterocycles. The molecule has 0 unspecified atom stereocenters. The number of aryl methyl sites for hydroxylation is 1. The summed E-state index contributed by atoms with van der Waals surface area (Å²) in [6.45, 7) is 0.899. The van der Waals surface area contributed by atoms with Gasteiger partial charge in [-0.2, -0.15) is 0 Å². The van der Waals surface area contributed by atoms with Crippen molar-refractivity contribution in [3.63, 3.8) is 0 Å². The zero-order chi connectivity index (χ0) is 11.8. The fourth-order valence-corrected chi connectivity index (χ4v) is 2.41. The lowest BCUT2D eigenvalue weighted by Crippen LogP contribution is -2.04. The summed E-state index contributed by atoms with van der Waals surface area (Å²) < 4.78 is 2.23. The summed E-state index contributed by atoms with van der Waals surface area (Å²) in [6.07, 6.45) is 3.78. The van der Waals surface area contributed by atoms with Crippen molar-refractivity contribution in [2.75, 3.05) is 7.05 Å². The van der Waals surface area contributed by atoms with Gasteiger partial charge in [0.15, 0.2) is 0 Å². The summed E-state index contributed by atoms with van der Waals surface area (Å²) in [7, 11) is 4.07. The predicted molar refractivity (Wildman–Crippen MR) is 71.0 cm³/mol. The van der Waals surface area contributed by atoms with E-state index in [0.717, 1.165) is 6.54 Å². The maximum Gasteiger partial charge on any atom is 0.0519 e. The third-order valence-corrected chi connectivity index (χ3v) is 3.25. The second-order valence-electron chi connectivity index (χ2n) is 4.33. The number of nitrogens with one attached hydrogen (secondary N) is 1. The molecule has 0 spiro atoms. The number of rotatable bonds is 2. The lowest BCUT2D eigenvalue weighted by molar-refractivity contribution is 0.818. The molecule has 0 aliphatic heterocycles. The molecule has 0 bridgehead atoms. The van der Waals surface area contributed by atoms with Gasteiger partial charge in [0.05, 0.1) is 5.52 Å². The number of aromatic nitrogens is 2. The van der Waals surface area contributed by atoms with Crippen molar-refractivity contribution in [1.82, 2.24) is 14.9 Å². The van der Waals surface area contributed by atoms with Gasteiger partial charge in [-0.3, -0.25) is 4.98 Å². The maximum absolute atomic E-state index is 4.21. The monoisotopic (exact) mass is 225 g/mol. The first-order chi connectivity index (χ1) is 8.31. The smallest absolute Gasteiger partial charge is 0.0519 e. The van der Waals surface area contributed by atoms with E-state index in [0.29, 0.717) is 0 Å². The van der Waals surface area contributed by atoms with E-state index in [1.165, 1.54) is 27.4 Å². The Morgan fingerprint density at radius 3 is 2.88 bits per heavy atom. The fraction of sp³-hybridized carbons (Fsp3) is 0.214. The lowest BCUT2D eigenvalue weighted by atomic mass is 10.1. The summed E-state index contributed by atoms with van der Waals surface area (Å²) in [4.78, 5) is 4.21. The third-order valence-electron chi connectivity index (χ3n) is 3.25. The van der Waals surface area contributed by atoms with Gasteiger partial charge in [-0.15, -0.1) is 0 Å². The molecule has 1 aromatic carbocycles. The Morgan fingerprint density at radius 1 is 1.18 bits per heavy atom. The molecule has 1 N–H and O–H groups in total. The Hall–Kier alpha value is -1.87. The van der Waals surface area contributed by atoms with Crippen molar-refractivity contribution in [3.8, 4) is 0 Å². The molecule has 0 radical (unpaired) electrons. The molecule has 3 aromatic rings. The minimum Gasteiger partial charge on any atom is -0.344 e. The Labute approximate surface area is 100 Å². The van der Waals surface area contributed by atoms with Crippen molar-refractivity contribution < 1.29 is 0 Å². The van der Waals surface area contributed by atoms with Gasteiger partial charge in [0.1, 0.15) is 0 Å². The van der Waals surface area contributed by atoms with E-state index >= 15 is 0 Å². The SMILES string of the molecule is CNCc1ccc2c3cnccc3n(C)c2c1. The molecule has 0 aliphatic carbocycles. The van der Waals surface area contributed by atoms with Crippen molar-refractivity contribution >= 4 is 21.8 Å². The molecule has 0 atom stereocenters. The van der Waals surface area contributed by atoms with Crippen LogP contribution in [0.2, 0.25) is 0 Å². The van der Waals surface area contributed by atoms with E-state index in [-0.39, 0.29) is 0 Å². The van der Waals surface area contributed by atoms with E-state index in [4.69, 9.17) is 0 Å². The van der Waals surface area contributed by atoms with E-state index in [2.05, 4.69) is 46.2 Å². The van der Waals surface area contributed by atoms with Crippen LogP contribution in [0, 0.1) is 0 Å². The maximum atomic E-state index is 4.21. The average molecular weight is 225 g/mol. The zero-order valence-corrected chi connectivity index (χ0v) is 10.1. The van der Waals surface area contributed by atoms with Crippen LogP contribution in [0.3, 0.4) is 0 Å². The molecule has 0 amide bonds. The normalized spacial score (nSPS) is 11.4. The summed E-state index contributed by atoms with van der Waals surface area (Å²) in [5.41, 5.74) is 3.80. The fourth-order valence-electron chi connectivity index (χ4n) is 2.41. The molecule has 0 saturated heterocycles. The average Bonchev–Trinajstić information content (AvgIpc) is 2.65. The molecule has 17 heavy (non-hydrogen) atoms. The molecule has 0 saturated carbocycles. The van der Waals surface area contributed by atoms with Gasteiger partial charge in [-0.1, -0.05) is 12.1 Å². The number of fused-ring (bicyclic) bond motifs is 3. The largest absolute Gasteiger partial charge is 0.344 e. The summed E-state index contributed by atoms with van der Waals surface area (Å²) in [5.74, 6) is 0. The van der Waals surface area contributed by atoms with Gasteiger partial charge in [0.2, 0.25) is 0 Å². The Morgan fingerprint density at radius 2 is 2.06 bits per heavy atom. The van der Waals surface area contributed by atoms with Crippen LogP contribution in [0.5, 0.6) is 0 Å². The standard InChI is InChI=1S/C14H15N3/c1-15-8-10-3-4-11-12-9-16-6-5-13(12)17(2)14(11)7-10/h3-7,9,15H,8H2,1-2H3. The first-order valence-corrected chi connectivity index (χ1v) is 5.77. The molecule has 0 aliphatic rings. The number of hydrogen-bond donors (Lipinski definition) is 1. The minimum atomic E-state index is 0.899. The van der Waals surface area contributed by atoms with Crippen LogP contribution in [-0.2, 0) is 13.6 Å². The molecule has 2 heterocycles. The number of nitrogens with zero attached hydrogens (tertiary/aromatic N) is 2. The summed E-state index contributed by atoms with van der Waals surface area (Å²) >= 11 is 0.